The molecule has 2 aliphatic rings. The molecular formula is C21H30N8. The molecule has 5 rings (SSSR count). The van der Waals surface area contributed by atoms with Crippen LogP contribution >= 0.6 is 0 Å². The molecule has 3 heterocycles. The van der Waals surface area contributed by atoms with E-state index in [2.05, 4.69) is 25.4 Å². The highest BCUT2D eigenvalue weighted by Crippen LogP contribution is 2.22. The predicted octanol–water partition coefficient (Wildman–Crippen LogP) is 3.40. The number of nitrogens with one attached hydrogen (secondary N) is 1. The monoisotopic (exact) mass is 394 g/mol. The maximum Gasteiger partial charge on any atom is 0.222 e. The van der Waals surface area contributed by atoms with Gasteiger partial charge in [-0.1, -0.05) is 32.1 Å². The van der Waals surface area contributed by atoms with Gasteiger partial charge in [0.25, 0.3) is 0 Å². The number of fused-ring (bicyclic) bond motifs is 1. The van der Waals surface area contributed by atoms with Crippen molar-refractivity contribution in [2.45, 2.75) is 69.9 Å². The molecule has 0 aliphatic heterocycles. The molecule has 2 aliphatic carbocycles. The summed E-state index contributed by atoms with van der Waals surface area (Å²) < 4.78 is 1.71. The molecule has 3 aromatic heterocycles. The van der Waals surface area contributed by atoms with E-state index >= 15 is 0 Å². The third kappa shape index (κ3) is 5.00. The van der Waals surface area contributed by atoms with E-state index in [-0.39, 0.29) is 0 Å². The van der Waals surface area contributed by atoms with Gasteiger partial charge in [-0.15, -0.1) is 5.10 Å². The summed E-state index contributed by atoms with van der Waals surface area (Å²) in [5.41, 5.74) is 13.8. The number of hydrogen-bond acceptors (Lipinski definition) is 7. The molecule has 0 radical (unpaired) electrons. The molecule has 0 atom stereocenters. The average Bonchev–Trinajstić information content (AvgIpc) is 3.39. The van der Waals surface area contributed by atoms with Gasteiger partial charge in [0.2, 0.25) is 5.95 Å². The van der Waals surface area contributed by atoms with Crippen molar-refractivity contribution in [1.29, 1.82) is 0 Å². The summed E-state index contributed by atoms with van der Waals surface area (Å²) in [6, 6.07) is 4.61. The Bertz CT molecular complexity index is 908. The smallest absolute Gasteiger partial charge is 0.222 e. The lowest BCUT2D eigenvalue weighted by Gasteiger charge is -2.15. The van der Waals surface area contributed by atoms with Gasteiger partial charge < -0.3 is 16.8 Å². The fraction of sp³-hybridized carbons (Fsp3) is 0.524. The zero-order valence-corrected chi connectivity index (χ0v) is 16.8. The maximum atomic E-state index is 5.74. The minimum absolute atomic E-state index is 0.451. The van der Waals surface area contributed by atoms with E-state index in [1.807, 2.05) is 6.07 Å². The van der Waals surface area contributed by atoms with Crippen LogP contribution in [0, 0.1) is 0 Å². The molecule has 0 bridgehead atoms. The van der Waals surface area contributed by atoms with Crippen LogP contribution in [0.1, 0.15) is 57.8 Å². The normalized spacial score (nSPS) is 17.8. The molecule has 0 amide bonds. The third-order valence-electron chi connectivity index (χ3n) is 5.67. The Labute approximate surface area is 171 Å². The molecule has 0 spiro atoms. The predicted molar refractivity (Wildman–Crippen MR) is 115 cm³/mol. The second kappa shape index (κ2) is 9.17. The van der Waals surface area contributed by atoms with Gasteiger partial charge in [0.15, 0.2) is 5.65 Å². The summed E-state index contributed by atoms with van der Waals surface area (Å²) in [6.07, 6.45) is 17.0. The number of aromatic nitrogens is 5. The molecule has 0 unspecified atom stereocenters. The lowest BCUT2D eigenvalue weighted by molar-refractivity contribution is 0.441. The van der Waals surface area contributed by atoms with Gasteiger partial charge in [-0.05, 0) is 37.8 Å². The number of anilines is 2. The van der Waals surface area contributed by atoms with Crippen molar-refractivity contribution in [2.24, 2.45) is 5.73 Å². The summed E-state index contributed by atoms with van der Waals surface area (Å²) in [5.74, 6) is 1.13. The quantitative estimate of drug-likeness (QED) is 0.622. The van der Waals surface area contributed by atoms with Gasteiger partial charge in [-0.2, -0.15) is 0 Å². The molecule has 5 N–H and O–H groups in total. The Kier molecular flexibility index (Phi) is 6.19. The standard InChI is InChI=1S/C15H17N7.C6H13N/c16-13-5-6-14-17-9-12(22(14)21-13)10-7-18-15(19-8-10)20-11-3-1-2-4-11;7-6-4-2-1-3-5-6/h5-9,11H,1-4H2,(H2,16,21)(H,18,19,20);6H,1-5,7H2. The molecule has 8 heteroatoms. The van der Waals surface area contributed by atoms with Crippen molar-refractivity contribution in [2.75, 3.05) is 11.1 Å². The molecule has 2 saturated carbocycles. The third-order valence-corrected chi connectivity index (χ3v) is 5.67. The molecular weight excluding hydrogens is 364 g/mol. The van der Waals surface area contributed by atoms with Gasteiger partial charge in [-0.3, -0.25) is 0 Å². The summed E-state index contributed by atoms with van der Waals surface area (Å²) in [7, 11) is 0. The van der Waals surface area contributed by atoms with Crippen LogP contribution < -0.4 is 16.8 Å². The van der Waals surface area contributed by atoms with Gasteiger partial charge >= 0.3 is 0 Å². The summed E-state index contributed by atoms with van der Waals surface area (Å²) in [5, 5.41) is 7.66. The van der Waals surface area contributed by atoms with Crippen molar-refractivity contribution < 1.29 is 0 Å². The Morgan fingerprint density at radius 1 is 0.862 bits per heavy atom. The number of imidazole rings is 1. The second-order valence-corrected chi connectivity index (χ2v) is 7.99. The zero-order chi connectivity index (χ0) is 20.1. The number of nitrogen functional groups attached to an aromatic ring is 1. The fourth-order valence-corrected chi connectivity index (χ4v) is 4.01. The Hall–Kier alpha value is -2.74. The molecule has 8 nitrogen and oxygen atoms in total. The van der Waals surface area contributed by atoms with Crippen LogP contribution in [0.4, 0.5) is 11.8 Å². The van der Waals surface area contributed by atoms with E-state index in [1.54, 1.807) is 29.2 Å². The average molecular weight is 395 g/mol. The fourth-order valence-electron chi connectivity index (χ4n) is 4.01. The Balaban J connectivity index is 0.000000249. The maximum absolute atomic E-state index is 5.74. The minimum Gasteiger partial charge on any atom is -0.382 e. The van der Waals surface area contributed by atoms with Crippen LogP contribution in [0.2, 0.25) is 0 Å². The second-order valence-electron chi connectivity index (χ2n) is 7.99. The van der Waals surface area contributed by atoms with Crippen LogP contribution in [0.25, 0.3) is 16.9 Å². The first-order valence-electron chi connectivity index (χ1n) is 10.6. The van der Waals surface area contributed by atoms with E-state index < -0.39 is 0 Å². The highest BCUT2D eigenvalue weighted by molar-refractivity contribution is 5.62. The molecule has 0 saturated heterocycles. The van der Waals surface area contributed by atoms with E-state index in [1.165, 1.54) is 57.8 Å². The van der Waals surface area contributed by atoms with Crippen molar-refractivity contribution in [3.63, 3.8) is 0 Å². The van der Waals surface area contributed by atoms with Crippen molar-refractivity contribution in [3.05, 3.63) is 30.7 Å². The summed E-state index contributed by atoms with van der Waals surface area (Å²) in [6.45, 7) is 0. The first kappa shape index (κ1) is 19.6. The first-order chi connectivity index (χ1) is 14.2. The highest BCUT2D eigenvalue weighted by Gasteiger charge is 2.16. The van der Waals surface area contributed by atoms with Gasteiger partial charge in [0.05, 0.1) is 11.9 Å². The minimum atomic E-state index is 0.451. The number of nitrogens with zero attached hydrogens (tertiary/aromatic N) is 5. The van der Waals surface area contributed by atoms with Crippen LogP contribution in [-0.4, -0.2) is 36.6 Å². The van der Waals surface area contributed by atoms with Gasteiger partial charge in [-0.25, -0.2) is 19.5 Å². The summed E-state index contributed by atoms with van der Waals surface area (Å²) >= 11 is 0. The Morgan fingerprint density at radius 2 is 1.55 bits per heavy atom. The molecule has 29 heavy (non-hydrogen) atoms. The van der Waals surface area contributed by atoms with Crippen LogP contribution in [0.15, 0.2) is 30.7 Å². The van der Waals surface area contributed by atoms with E-state index in [0.717, 1.165) is 16.9 Å². The van der Waals surface area contributed by atoms with E-state index in [9.17, 15) is 0 Å². The van der Waals surface area contributed by atoms with E-state index in [0.29, 0.717) is 23.8 Å². The lowest BCUT2D eigenvalue weighted by atomic mass is 9.97. The van der Waals surface area contributed by atoms with Crippen LogP contribution in [0.5, 0.6) is 0 Å². The molecule has 154 valence electrons. The van der Waals surface area contributed by atoms with Crippen LogP contribution in [0.3, 0.4) is 0 Å². The van der Waals surface area contributed by atoms with Crippen LogP contribution in [-0.2, 0) is 0 Å². The lowest BCUT2D eigenvalue weighted by Crippen LogP contribution is -2.22. The largest absolute Gasteiger partial charge is 0.382 e. The van der Waals surface area contributed by atoms with Gasteiger partial charge in [0.1, 0.15) is 5.82 Å². The SMILES string of the molecule is NC1CCCCC1.Nc1ccc2ncc(-c3cnc(NC4CCCC4)nc3)n2n1. The molecule has 0 aromatic carbocycles. The van der Waals surface area contributed by atoms with E-state index in [4.69, 9.17) is 11.5 Å². The van der Waals surface area contributed by atoms with Crippen molar-refractivity contribution >= 4 is 17.4 Å². The highest BCUT2D eigenvalue weighted by atomic mass is 15.3. The summed E-state index contributed by atoms with van der Waals surface area (Å²) in [4.78, 5) is 13.1. The number of hydrogen-bond donors (Lipinski definition) is 3. The topological polar surface area (TPSA) is 120 Å². The van der Waals surface area contributed by atoms with Gasteiger partial charge in [0, 0.05) is 30.0 Å². The molecule has 2 fully saturated rings. The van der Waals surface area contributed by atoms with Crippen molar-refractivity contribution in [1.82, 2.24) is 24.6 Å². The zero-order valence-electron chi connectivity index (χ0n) is 16.8. The number of nitrogens with two attached hydrogens (primary N) is 2. The first-order valence-corrected chi connectivity index (χ1v) is 10.6. The van der Waals surface area contributed by atoms with Crippen molar-refractivity contribution in [3.8, 4) is 11.3 Å². The Morgan fingerprint density at radius 3 is 2.21 bits per heavy atom. The molecule has 3 aromatic rings. The number of rotatable bonds is 3.